The molecule has 0 saturated carbocycles. The number of primary amides is 1. The van der Waals surface area contributed by atoms with E-state index < -0.39 is 11.9 Å². The number of amides is 1. The Morgan fingerprint density at radius 3 is 2.63 bits per heavy atom. The molecule has 0 aliphatic heterocycles. The van der Waals surface area contributed by atoms with E-state index in [2.05, 4.69) is 15.0 Å². The van der Waals surface area contributed by atoms with Crippen molar-refractivity contribution in [1.29, 1.82) is 0 Å². The number of fused-ring (bicyclic) bond motifs is 1. The van der Waals surface area contributed by atoms with E-state index in [-0.39, 0.29) is 16.9 Å². The van der Waals surface area contributed by atoms with Crippen LogP contribution in [0.25, 0.3) is 16.2 Å². The number of carboxylic acid groups (broad SMARTS) is 1. The third-order valence-corrected chi connectivity index (χ3v) is 5.15. The van der Waals surface area contributed by atoms with Gasteiger partial charge in [0, 0.05) is 11.3 Å². The van der Waals surface area contributed by atoms with Crippen LogP contribution in [-0.4, -0.2) is 36.5 Å². The summed E-state index contributed by atoms with van der Waals surface area (Å²) in [6, 6.07) is 11.5. The molecule has 0 saturated heterocycles. The van der Waals surface area contributed by atoms with Crippen LogP contribution in [0.3, 0.4) is 0 Å². The van der Waals surface area contributed by atoms with Crippen LogP contribution in [0, 0.1) is 0 Å². The zero-order valence-corrected chi connectivity index (χ0v) is 14.7. The largest absolute Gasteiger partial charge is 0.476 e. The van der Waals surface area contributed by atoms with Crippen molar-refractivity contribution in [3.05, 3.63) is 70.8 Å². The van der Waals surface area contributed by atoms with E-state index in [1.807, 2.05) is 30.3 Å². The number of rotatable bonds is 5. The molecule has 3 aromatic heterocycles. The van der Waals surface area contributed by atoms with Crippen molar-refractivity contribution in [2.75, 3.05) is 0 Å². The maximum absolute atomic E-state index is 12.0. The van der Waals surface area contributed by atoms with Gasteiger partial charge in [-0.25, -0.2) is 19.7 Å². The second-order valence-corrected chi connectivity index (χ2v) is 6.89. The molecule has 1 aromatic carbocycles. The molecule has 27 heavy (non-hydrogen) atoms. The van der Waals surface area contributed by atoms with Crippen LogP contribution in [0.5, 0.6) is 0 Å². The molecule has 0 fully saturated rings. The van der Waals surface area contributed by atoms with E-state index in [1.165, 1.54) is 22.2 Å². The number of hydrogen-bond donors (Lipinski definition) is 2. The Labute approximate surface area is 156 Å². The lowest BCUT2D eigenvalue weighted by Gasteiger charge is -2.04. The van der Waals surface area contributed by atoms with E-state index in [0.29, 0.717) is 17.0 Å². The third-order valence-electron chi connectivity index (χ3n) is 4.01. The second kappa shape index (κ2) is 6.61. The van der Waals surface area contributed by atoms with Crippen LogP contribution in [0.15, 0.2) is 49.1 Å². The summed E-state index contributed by atoms with van der Waals surface area (Å²) in [6.45, 7) is 0. The number of imidazole rings is 1. The number of carbonyl (C=O) groups excluding carboxylic acids is 1. The minimum absolute atomic E-state index is 0.189. The summed E-state index contributed by atoms with van der Waals surface area (Å²) in [5.41, 5.74) is 7.21. The number of nitrogens with two attached hydrogens (primary N) is 1. The van der Waals surface area contributed by atoms with Crippen LogP contribution in [0.2, 0.25) is 0 Å². The predicted molar refractivity (Wildman–Crippen MR) is 99.3 cm³/mol. The molecular weight excluding hydrogens is 366 g/mol. The molecule has 9 heteroatoms. The Kier molecular flexibility index (Phi) is 4.13. The molecule has 0 aliphatic carbocycles. The number of carbonyl (C=O) groups is 2. The molecule has 0 unspecified atom stereocenters. The summed E-state index contributed by atoms with van der Waals surface area (Å²) in [5.74, 6) is -1.80. The topological polar surface area (TPSA) is 124 Å². The van der Waals surface area contributed by atoms with Gasteiger partial charge < -0.3 is 10.8 Å². The zero-order valence-electron chi connectivity index (χ0n) is 13.9. The molecule has 134 valence electrons. The van der Waals surface area contributed by atoms with Gasteiger partial charge in [-0.2, -0.15) is 0 Å². The maximum atomic E-state index is 12.0. The highest BCUT2D eigenvalue weighted by Gasteiger charge is 2.22. The Morgan fingerprint density at radius 1 is 1.15 bits per heavy atom. The van der Waals surface area contributed by atoms with Gasteiger partial charge in [-0.3, -0.25) is 9.36 Å². The van der Waals surface area contributed by atoms with Crippen molar-refractivity contribution in [3.8, 4) is 5.00 Å². The van der Waals surface area contributed by atoms with E-state index in [1.54, 1.807) is 6.07 Å². The first-order valence-corrected chi connectivity index (χ1v) is 8.74. The average Bonchev–Trinajstić information content (AvgIpc) is 3.26. The summed E-state index contributed by atoms with van der Waals surface area (Å²) < 4.78 is 1.51. The quantitative estimate of drug-likeness (QED) is 0.548. The Bertz CT molecular complexity index is 1170. The fourth-order valence-electron chi connectivity index (χ4n) is 2.84. The zero-order chi connectivity index (χ0) is 19.0. The highest BCUT2D eigenvalue weighted by molar-refractivity contribution is 7.15. The summed E-state index contributed by atoms with van der Waals surface area (Å²) in [4.78, 5) is 36.4. The first-order valence-electron chi connectivity index (χ1n) is 7.92. The van der Waals surface area contributed by atoms with Gasteiger partial charge in [-0.05, 0) is 11.6 Å². The lowest BCUT2D eigenvalue weighted by Crippen LogP contribution is -2.13. The van der Waals surface area contributed by atoms with Crippen LogP contribution in [-0.2, 0) is 6.42 Å². The Hall–Kier alpha value is -3.59. The normalized spacial score (nSPS) is 11.0. The van der Waals surface area contributed by atoms with E-state index in [4.69, 9.17) is 5.73 Å². The van der Waals surface area contributed by atoms with Gasteiger partial charge in [0.15, 0.2) is 11.3 Å². The van der Waals surface area contributed by atoms with Crippen molar-refractivity contribution in [2.45, 2.75) is 6.42 Å². The van der Waals surface area contributed by atoms with Gasteiger partial charge in [0.25, 0.3) is 5.91 Å². The molecule has 3 N–H and O–H groups in total. The van der Waals surface area contributed by atoms with Crippen molar-refractivity contribution in [1.82, 2.24) is 19.5 Å². The predicted octanol–water partition coefficient (Wildman–Crippen LogP) is 2.26. The molecule has 1 amide bonds. The number of thiophene rings is 1. The summed E-state index contributed by atoms with van der Waals surface area (Å²) >= 11 is 1.35. The summed E-state index contributed by atoms with van der Waals surface area (Å²) in [7, 11) is 0. The molecule has 0 atom stereocenters. The van der Waals surface area contributed by atoms with Gasteiger partial charge in [0.2, 0.25) is 0 Å². The Balaban J connectivity index is 1.88. The molecule has 0 radical (unpaired) electrons. The molecule has 0 bridgehead atoms. The fourth-order valence-corrected chi connectivity index (χ4v) is 4.01. The van der Waals surface area contributed by atoms with E-state index >= 15 is 0 Å². The minimum atomic E-state index is -1.20. The number of carboxylic acids is 1. The SMILES string of the molecule is NC(=O)c1cc(Cc2ccccc2)sc1-n1cnc2ncnc(C(=O)O)c21. The monoisotopic (exact) mass is 379 g/mol. The summed E-state index contributed by atoms with van der Waals surface area (Å²) in [6.07, 6.45) is 3.20. The molecule has 3 heterocycles. The van der Waals surface area contributed by atoms with Gasteiger partial charge in [-0.1, -0.05) is 30.3 Å². The van der Waals surface area contributed by atoms with Gasteiger partial charge in [0.1, 0.15) is 23.2 Å². The maximum Gasteiger partial charge on any atom is 0.356 e. The standard InChI is InChI=1S/C18H13N5O3S/c19-15(24)12-7-11(6-10-4-2-1-3-5-10)27-17(12)23-9-22-16-14(23)13(18(25)26)20-8-21-16/h1-5,7-9H,6H2,(H2,19,24)(H,25,26). The fraction of sp³-hybridized carbons (Fsp3) is 0.0556. The van der Waals surface area contributed by atoms with Gasteiger partial charge >= 0.3 is 5.97 Å². The average molecular weight is 379 g/mol. The van der Waals surface area contributed by atoms with E-state index in [0.717, 1.165) is 16.8 Å². The van der Waals surface area contributed by atoms with E-state index in [9.17, 15) is 14.7 Å². The van der Waals surface area contributed by atoms with Crippen LogP contribution in [0.1, 0.15) is 31.3 Å². The van der Waals surface area contributed by atoms with Crippen LogP contribution < -0.4 is 5.73 Å². The number of aromatic nitrogens is 4. The molecule has 0 aliphatic rings. The molecule has 8 nitrogen and oxygen atoms in total. The van der Waals surface area contributed by atoms with Crippen molar-refractivity contribution >= 4 is 34.4 Å². The molecule has 4 aromatic rings. The third kappa shape index (κ3) is 3.04. The molecule has 0 spiro atoms. The highest BCUT2D eigenvalue weighted by Crippen LogP contribution is 2.31. The molecular formula is C18H13N5O3S. The summed E-state index contributed by atoms with van der Waals surface area (Å²) in [5, 5.41) is 9.93. The van der Waals surface area contributed by atoms with Gasteiger partial charge in [-0.15, -0.1) is 11.3 Å². The number of benzene rings is 1. The minimum Gasteiger partial charge on any atom is -0.476 e. The Morgan fingerprint density at radius 2 is 1.93 bits per heavy atom. The van der Waals surface area contributed by atoms with Crippen molar-refractivity contribution in [3.63, 3.8) is 0 Å². The molecule has 4 rings (SSSR count). The first kappa shape index (κ1) is 16.9. The smallest absolute Gasteiger partial charge is 0.356 e. The van der Waals surface area contributed by atoms with Gasteiger partial charge in [0.05, 0.1) is 5.56 Å². The second-order valence-electron chi connectivity index (χ2n) is 5.77. The number of aromatic carboxylic acids is 1. The van der Waals surface area contributed by atoms with Crippen molar-refractivity contribution in [2.24, 2.45) is 5.73 Å². The lowest BCUT2D eigenvalue weighted by molar-refractivity contribution is 0.0692. The number of hydrogen-bond acceptors (Lipinski definition) is 6. The first-order chi connectivity index (χ1) is 13.0. The van der Waals surface area contributed by atoms with Crippen molar-refractivity contribution < 1.29 is 14.7 Å². The lowest BCUT2D eigenvalue weighted by atomic mass is 10.1. The van der Waals surface area contributed by atoms with Crippen LogP contribution >= 0.6 is 11.3 Å². The highest BCUT2D eigenvalue weighted by atomic mass is 32.1. The number of nitrogens with zero attached hydrogens (tertiary/aromatic N) is 4. The van der Waals surface area contributed by atoms with Crippen LogP contribution in [0.4, 0.5) is 0 Å².